The molecule has 2 heterocycles. The number of hydrogen-bond donors (Lipinski definition) is 4. The maximum atomic E-state index is 14.2. The zero-order valence-corrected chi connectivity index (χ0v) is 21.6. The van der Waals surface area contributed by atoms with Crippen LogP contribution in [0, 0.1) is 6.92 Å². The van der Waals surface area contributed by atoms with E-state index in [2.05, 4.69) is 15.3 Å². The maximum absolute atomic E-state index is 14.2. The fraction of sp³-hybridized carbons (Fsp3) is 0.321. The number of unbranched alkanes of at least 4 members (excludes halogenated alkanes) is 2. The summed E-state index contributed by atoms with van der Waals surface area (Å²) in [6.07, 6.45) is 5.51. The highest BCUT2D eigenvalue weighted by atomic mass is 16.5. The Bertz CT molecular complexity index is 1470. The van der Waals surface area contributed by atoms with E-state index in [1.807, 2.05) is 62.4 Å². The van der Waals surface area contributed by atoms with Crippen molar-refractivity contribution in [1.29, 1.82) is 0 Å². The van der Waals surface area contributed by atoms with Crippen LogP contribution >= 0.6 is 0 Å². The van der Waals surface area contributed by atoms with Gasteiger partial charge in [-0.1, -0.05) is 43.7 Å². The summed E-state index contributed by atoms with van der Waals surface area (Å²) in [6.45, 7) is 3.92. The van der Waals surface area contributed by atoms with Crippen LogP contribution in [0.5, 0.6) is 0 Å². The molecule has 2 aromatic carbocycles. The van der Waals surface area contributed by atoms with Gasteiger partial charge in [0.15, 0.2) is 0 Å². The molecule has 0 aliphatic carbocycles. The van der Waals surface area contributed by atoms with E-state index in [0.717, 1.165) is 29.7 Å². The Kier molecular flexibility index (Phi) is 8.65. The van der Waals surface area contributed by atoms with Crippen LogP contribution < -0.4 is 22.1 Å². The molecule has 2 aromatic heterocycles. The van der Waals surface area contributed by atoms with Crippen LogP contribution in [0.1, 0.15) is 62.0 Å². The quantitative estimate of drug-likeness (QED) is 0.132. The zero-order chi connectivity index (χ0) is 27.1. The molecule has 0 aliphatic rings. The number of rotatable bonds is 11. The molecule has 1 unspecified atom stereocenters. The molecular weight excluding hydrogens is 482 g/mol. The molecule has 1 atom stereocenters. The molecule has 0 aliphatic heterocycles. The first-order valence-electron chi connectivity index (χ1n) is 12.8. The van der Waals surface area contributed by atoms with Crippen LogP contribution in [0.3, 0.4) is 0 Å². The number of nitrogen functional groups attached to an aromatic ring is 1. The maximum Gasteiger partial charge on any atom is 0.266 e. The van der Waals surface area contributed by atoms with Crippen molar-refractivity contribution < 1.29 is 10.0 Å². The van der Waals surface area contributed by atoms with E-state index in [4.69, 9.17) is 15.9 Å². The second kappa shape index (κ2) is 12.3. The molecule has 0 spiro atoms. The van der Waals surface area contributed by atoms with E-state index in [-0.39, 0.29) is 24.0 Å². The first-order valence-corrected chi connectivity index (χ1v) is 12.8. The van der Waals surface area contributed by atoms with E-state index in [1.165, 1.54) is 0 Å². The molecule has 0 radical (unpaired) electrons. The Labute approximate surface area is 220 Å². The summed E-state index contributed by atoms with van der Waals surface area (Å²) in [5.74, 6) is 0.958. The SMILES string of the molecule is CCC(Nc1nc(N)ncc1C)c1nc2cccc(CCCCCC(=O)NO)c2c(=O)n1-c1ccccc1. The lowest BCUT2D eigenvalue weighted by Gasteiger charge is -2.23. The van der Waals surface area contributed by atoms with Gasteiger partial charge in [0.05, 0.1) is 22.6 Å². The van der Waals surface area contributed by atoms with Gasteiger partial charge in [-0.15, -0.1) is 0 Å². The average molecular weight is 516 g/mol. The summed E-state index contributed by atoms with van der Waals surface area (Å²) >= 11 is 0. The highest BCUT2D eigenvalue weighted by molar-refractivity contribution is 5.82. The van der Waals surface area contributed by atoms with Gasteiger partial charge >= 0.3 is 0 Å². The molecule has 5 N–H and O–H groups in total. The van der Waals surface area contributed by atoms with E-state index in [1.54, 1.807) is 16.2 Å². The number of anilines is 2. The summed E-state index contributed by atoms with van der Waals surface area (Å²) < 4.78 is 1.68. The number of para-hydroxylation sites is 1. The van der Waals surface area contributed by atoms with E-state index < -0.39 is 5.91 Å². The van der Waals surface area contributed by atoms with E-state index in [0.29, 0.717) is 41.8 Å². The Morgan fingerprint density at radius 3 is 2.61 bits per heavy atom. The largest absolute Gasteiger partial charge is 0.368 e. The summed E-state index contributed by atoms with van der Waals surface area (Å²) in [5, 5.41) is 12.7. The molecule has 0 saturated carbocycles. The number of nitrogens with two attached hydrogens (primary N) is 1. The predicted molar refractivity (Wildman–Crippen MR) is 147 cm³/mol. The topological polar surface area (TPSA) is 148 Å². The number of aromatic nitrogens is 4. The molecule has 0 saturated heterocycles. The number of hydrogen-bond acceptors (Lipinski definition) is 8. The van der Waals surface area contributed by atoms with Gasteiger partial charge in [0.25, 0.3) is 5.56 Å². The number of nitrogens with zero attached hydrogens (tertiary/aromatic N) is 4. The van der Waals surface area contributed by atoms with Crippen molar-refractivity contribution in [3.8, 4) is 5.69 Å². The Morgan fingerprint density at radius 2 is 1.87 bits per heavy atom. The molecule has 1 amide bonds. The molecule has 4 aromatic rings. The average Bonchev–Trinajstić information content (AvgIpc) is 2.93. The van der Waals surface area contributed by atoms with Gasteiger partial charge < -0.3 is 11.1 Å². The fourth-order valence-electron chi connectivity index (χ4n) is 4.53. The minimum atomic E-state index is -0.392. The fourth-order valence-corrected chi connectivity index (χ4v) is 4.53. The predicted octanol–water partition coefficient (Wildman–Crippen LogP) is 4.24. The summed E-state index contributed by atoms with van der Waals surface area (Å²) in [6, 6.07) is 14.9. The first kappa shape index (κ1) is 26.7. The van der Waals surface area contributed by atoms with Crippen LogP contribution in [0.25, 0.3) is 16.6 Å². The molecule has 10 nitrogen and oxygen atoms in total. The number of nitrogens with one attached hydrogen (secondary N) is 2. The number of carbonyl (C=O) groups is 1. The summed E-state index contributed by atoms with van der Waals surface area (Å²) in [4.78, 5) is 38.8. The van der Waals surface area contributed by atoms with Crippen molar-refractivity contribution in [2.75, 3.05) is 11.1 Å². The summed E-state index contributed by atoms with van der Waals surface area (Å²) in [5.41, 5.74) is 10.5. The second-order valence-corrected chi connectivity index (χ2v) is 9.22. The third-order valence-electron chi connectivity index (χ3n) is 6.52. The van der Waals surface area contributed by atoms with Crippen LogP contribution in [-0.2, 0) is 11.2 Å². The van der Waals surface area contributed by atoms with Crippen LogP contribution in [0.2, 0.25) is 0 Å². The highest BCUT2D eigenvalue weighted by Crippen LogP contribution is 2.26. The van der Waals surface area contributed by atoms with Crippen LogP contribution in [0.15, 0.2) is 59.5 Å². The van der Waals surface area contributed by atoms with E-state index >= 15 is 0 Å². The molecule has 38 heavy (non-hydrogen) atoms. The van der Waals surface area contributed by atoms with Gasteiger partial charge in [-0.25, -0.2) is 15.4 Å². The number of aryl methyl sites for hydroxylation is 2. The summed E-state index contributed by atoms with van der Waals surface area (Å²) in [7, 11) is 0. The number of benzene rings is 2. The normalized spacial score (nSPS) is 11.9. The lowest BCUT2D eigenvalue weighted by Crippen LogP contribution is -2.29. The molecule has 10 heteroatoms. The van der Waals surface area contributed by atoms with Crippen molar-refractivity contribution in [3.63, 3.8) is 0 Å². The zero-order valence-electron chi connectivity index (χ0n) is 21.6. The van der Waals surface area contributed by atoms with Gasteiger partial charge in [-0.3, -0.25) is 19.4 Å². The van der Waals surface area contributed by atoms with Crippen molar-refractivity contribution >= 4 is 28.6 Å². The molecule has 4 rings (SSSR count). The smallest absolute Gasteiger partial charge is 0.266 e. The van der Waals surface area contributed by atoms with Crippen molar-refractivity contribution in [1.82, 2.24) is 25.0 Å². The Balaban J connectivity index is 1.76. The van der Waals surface area contributed by atoms with Crippen molar-refractivity contribution in [2.24, 2.45) is 0 Å². The van der Waals surface area contributed by atoms with Gasteiger partial charge in [0.1, 0.15) is 11.6 Å². The molecule has 0 fully saturated rings. The van der Waals surface area contributed by atoms with Crippen LogP contribution in [-0.4, -0.2) is 30.6 Å². The molecule has 0 bridgehead atoms. The number of hydroxylamine groups is 1. The first-order chi connectivity index (χ1) is 18.4. The number of fused-ring (bicyclic) bond motifs is 1. The Morgan fingerprint density at radius 1 is 1.08 bits per heavy atom. The van der Waals surface area contributed by atoms with Crippen molar-refractivity contribution in [3.05, 3.63) is 82.0 Å². The minimum absolute atomic E-state index is 0.134. The molecule has 198 valence electrons. The number of carbonyl (C=O) groups excluding carboxylic acids is 1. The third kappa shape index (κ3) is 5.97. The standard InChI is InChI=1S/C28H33N7O3/c1-3-21(31-25-18(2)17-30-28(29)33-25)26-32-22-15-10-12-19(11-6-4-9-16-23(36)34-38)24(22)27(37)35(26)20-13-7-5-8-14-20/h5,7-8,10,12-15,17,21,38H,3-4,6,9,11,16H2,1-2H3,(H,34,36)(H3,29,30,31,33). The minimum Gasteiger partial charge on any atom is -0.368 e. The lowest BCUT2D eigenvalue weighted by atomic mass is 10.0. The van der Waals surface area contributed by atoms with Gasteiger partial charge in [-0.05, 0) is 56.4 Å². The Hall–Kier alpha value is -4.31. The number of amides is 1. The van der Waals surface area contributed by atoms with E-state index in [9.17, 15) is 9.59 Å². The third-order valence-corrected chi connectivity index (χ3v) is 6.52. The molecular formula is C28H33N7O3. The lowest BCUT2D eigenvalue weighted by molar-refractivity contribution is -0.129. The van der Waals surface area contributed by atoms with Crippen LogP contribution in [0.4, 0.5) is 11.8 Å². The monoisotopic (exact) mass is 515 g/mol. The second-order valence-electron chi connectivity index (χ2n) is 9.22. The van der Waals surface area contributed by atoms with Gasteiger partial charge in [0.2, 0.25) is 11.9 Å². The van der Waals surface area contributed by atoms with Crippen molar-refractivity contribution in [2.45, 2.75) is 58.4 Å². The highest BCUT2D eigenvalue weighted by Gasteiger charge is 2.22. The van der Waals surface area contributed by atoms with Gasteiger partial charge in [-0.2, -0.15) is 4.98 Å². The van der Waals surface area contributed by atoms with Gasteiger partial charge in [0, 0.05) is 18.2 Å².